The number of amides is 1. The van der Waals surface area contributed by atoms with Crippen LogP contribution in [0.4, 0.5) is 5.82 Å². The number of anilines is 1. The Bertz CT molecular complexity index is 1170. The highest BCUT2D eigenvalue weighted by Gasteiger charge is 2.12. The van der Waals surface area contributed by atoms with Crippen molar-refractivity contribution in [3.63, 3.8) is 0 Å². The number of ether oxygens (including phenoxy) is 2. The first-order valence-corrected chi connectivity index (χ1v) is 10.2. The molecule has 0 saturated heterocycles. The number of hydrogen-bond acceptors (Lipinski definition) is 6. The van der Waals surface area contributed by atoms with Gasteiger partial charge in [0.1, 0.15) is 42.1 Å². The van der Waals surface area contributed by atoms with Crippen molar-refractivity contribution in [2.45, 2.75) is 20.8 Å². The van der Waals surface area contributed by atoms with Crippen LogP contribution in [-0.2, 0) is 4.79 Å². The summed E-state index contributed by atoms with van der Waals surface area (Å²) in [6.45, 7) is 6.37. The van der Waals surface area contributed by atoms with Gasteiger partial charge in [0.2, 0.25) is 0 Å². The standard InChI is InChI=1S/C24H22ClN3O4/c1-15-5-4-6-16(2)23(15)31-10-9-30-21-8-7-18(13-20(21)25)12-19(14-26)24(29)27-22-11-17(3)32-28-22/h4-8,11-13H,9-10H2,1-3H3,(H,27,28,29)/b19-12-. The monoisotopic (exact) mass is 451 g/mol. The molecule has 8 heteroatoms. The molecule has 164 valence electrons. The van der Waals surface area contributed by atoms with Gasteiger partial charge in [-0.2, -0.15) is 5.26 Å². The maximum Gasteiger partial charge on any atom is 0.267 e. The Morgan fingerprint density at radius 3 is 2.50 bits per heavy atom. The van der Waals surface area contributed by atoms with Crippen LogP contribution in [0, 0.1) is 32.1 Å². The van der Waals surface area contributed by atoms with Crippen molar-refractivity contribution in [3.05, 3.63) is 75.5 Å². The third-order valence-electron chi connectivity index (χ3n) is 4.50. The molecule has 0 bridgehead atoms. The number of benzene rings is 2. The second-order valence-electron chi connectivity index (χ2n) is 7.05. The normalized spacial score (nSPS) is 11.0. The molecule has 1 aromatic heterocycles. The third kappa shape index (κ3) is 5.90. The molecule has 0 aliphatic carbocycles. The number of nitriles is 1. The van der Waals surface area contributed by atoms with E-state index in [4.69, 9.17) is 25.6 Å². The van der Waals surface area contributed by atoms with Gasteiger partial charge in [-0.1, -0.05) is 41.0 Å². The van der Waals surface area contributed by atoms with Crippen molar-refractivity contribution in [1.82, 2.24) is 5.16 Å². The third-order valence-corrected chi connectivity index (χ3v) is 4.79. The number of nitrogens with zero attached hydrogens (tertiary/aromatic N) is 2. The molecule has 0 aliphatic heterocycles. The van der Waals surface area contributed by atoms with Gasteiger partial charge in [0, 0.05) is 6.07 Å². The molecule has 3 rings (SSSR count). The molecule has 0 fully saturated rings. The summed E-state index contributed by atoms with van der Waals surface area (Å²) in [6, 6.07) is 14.4. The highest BCUT2D eigenvalue weighted by atomic mass is 35.5. The van der Waals surface area contributed by atoms with E-state index in [2.05, 4.69) is 10.5 Å². The quantitative estimate of drug-likeness (QED) is 0.285. The number of rotatable bonds is 8. The average molecular weight is 452 g/mol. The van der Waals surface area contributed by atoms with E-state index in [1.165, 1.54) is 6.08 Å². The van der Waals surface area contributed by atoms with E-state index in [9.17, 15) is 10.1 Å². The predicted molar refractivity (Wildman–Crippen MR) is 122 cm³/mol. The lowest BCUT2D eigenvalue weighted by Crippen LogP contribution is -2.13. The van der Waals surface area contributed by atoms with Gasteiger partial charge in [-0.3, -0.25) is 4.79 Å². The minimum atomic E-state index is -0.596. The molecule has 0 spiro atoms. The maximum absolute atomic E-state index is 12.3. The summed E-state index contributed by atoms with van der Waals surface area (Å²) < 4.78 is 16.4. The summed E-state index contributed by atoms with van der Waals surface area (Å²) in [5.74, 6) is 1.52. The Morgan fingerprint density at radius 2 is 1.88 bits per heavy atom. The molecule has 0 unspecified atom stereocenters. The summed E-state index contributed by atoms with van der Waals surface area (Å²) >= 11 is 6.31. The Kier molecular flexibility index (Phi) is 7.53. The van der Waals surface area contributed by atoms with Crippen molar-refractivity contribution in [2.75, 3.05) is 18.5 Å². The highest BCUT2D eigenvalue weighted by Crippen LogP contribution is 2.27. The fourth-order valence-electron chi connectivity index (χ4n) is 2.97. The van der Waals surface area contributed by atoms with Crippen molar-refractivity contribution in [3.8, 4) is 17.6 Å². The van der Waals surface area contributed by atoms with Crippen LogP contribution in [0.3, 0.4) is 0 Å². The summed E-state index contributed by atoms with van der Waals surface area (Å²) in [5.41, 5.74) is 2.61. The summed E-state index contributed by atoms with van der Waals surface area (Å²) in [5, 5.41) is 15.9. The predicted octanol–water partition coefficient (Wildman–Crippen LogP) is 5.26. The Balaban J connectivity index is 1.60. The van der Waals surface area contributed by atoms with Crippen LogP contribution in [0.15, 0.2) is 52.6 Å². The fourth-order valence-corrected chi connectivity index (χ4v) is 3.21. The van der Waals surface area contributed by atoms with Crippen LogP contribution in [0.25, 0.3) is 6.08 Å². The van der Waals surface area contributed by atoms with Crippen LogP contribution in [0.5, 0.6) is 11.5 Å². The summed E-state index contributed by atoms with van der Waals surface area (Å²) in [6.07, 6.45) is 1.43. The molecule has 32 heavy (non-hydrogen) atoms. The molecule has 2 aromatic carbocycles. The van der Waals surface area contributed by atoms with Crippen molar-refractivity contribution in [2.24, 2.45) is 0 Å². The van der Waals surface area contributed by atoms with Gasteiger partial charge in [-0.15, -0.1) is 0 Å². The van der Waals surface area contributed by atoms with Crippen LogP contribution >= 0.6 is 11.6 Å². The molecule has 0 saturated carbocycles. The number of para-hydroxylation sites is 1. The molecule has 1 heterocycles. The molecule has 3 aromatic rings. The van der Waals surface area contributed by atoms with Gasteiger partial charge >= 0.3 is 0 Å². The Labute approximate surface area is 191 Å². The lowest BCUT2D eigenvalue weighted by atomic mass is 10.1. The van der Waals surface area contributed by atoms with E-state index in [1.54, 1.807) is 31.2 Å². The fraction of sp³-hybridized carbons (Fsp3) is 0.208. The topological polar surface area (TPSA) is 97.4 Å². The minimum Gasteiger partial charge on any atom is -0.489 e. The number of hydrogen-bond donors (Lipinski definition) is 1. The second kappa shape index (κ2) is 10.5. The lowest BCUT2D eigenvalue weighted by Gasteiger charge is -2.13. The van der Waals surface area contributed by atoms with Crippen LogP contribution in [-0.4, -0.2) is 24.3 Å². The highest BCUT2D eigenvalue weighted by molar-refractivity contribution is 6.32. The first-order valence-electron chi connectivity index (χ1n) is 9.85. The van der Waals surface area contributed by atoms with Gasteiger partial charge in [-0.05, 0) is 55.7 Å². The number of nitrogens with one attached hydrogen (secondary N) is 1. The zero-order chi connectivity index (χ0) is 23.1. The average Bonchev–Trinajstić information content (AvgIpc) is 3.16. The van der Waals surface area contributed by atoms with Gasteiger partial charge in [0.05, 0.1) is 5.02 Å². The van der Waals surface area contributed by atoms with Crippen molar-refractivity contribution >= 4 is 29.4 Å². The van der Waals surface area contributed by atoms with Gasteiger partial charge in [0.15, 0.2) is 5.82 Å². The summed E-state index contributed by atoms with van der Waals surface area (Å²) in [4.78, 5) is 12.3. The van der Waals surface area contributed by atoms with E-state index in [-0.39, 0.29) is 11.4 Å². The molecule has 0 atom stereocenters. The second-order valence-corrected chi connectivity index (χ2v) is 7.46. The van der Waals surface area contributed by atoms with Crippen LogP contribution < -0.4 is 14.8 Å². The molecule has 1 amide bonds. The van der Waals surface area contributed by atoms with E-state index in [0.717, 1.165) is 16.9 Å². The zero-order valence-electron chi connectivity index (χ0n) is 17.9. The zero-order valence-corrected chi connectivity index (χ0v) is 18.7. The van der Waals surface area contributed by atoms with E-state index in [1.807, 2.05) is 38.1 Å². The SMILES string of the molecule is Cc1cc(NC(=O)/C(C#N)=C\c2ccc(OCCOc3c(C)cccc3C)c(Cl)c2)no1. The molecule has 0 aliphatic rings. The first kappa shape index (κ1) is 22.9. The Morgan fingerprint density at radius 1 is 1.16 bits per heavy atom. The molecule has 0 radical (unpaired) electrons. The van der Waals surface area contributed by atoms with E-state index >= 15 is 0 Å². The molecule has 7 nitrogen and oxygen atoms in total. The maximum atomic E-state index is 12.3. The largest absolute Gasteiger partial charge is 0.489 e. The molecular weight excluding hydrogens is 430 g/mol. The Hall–Kier alpha value is -3.76. The van der Waals surface area contributed by atoms with E-state index < -0.39 is 5.91 Å². The van der Waals surface area contributed by atoms with Crippen LogP contribution in [0.2, 0.25) is 5.02 Å². The number of aryl methyl sites for hydroxylation is 3. The van der Waals surface area contributed by atoms with Crippen LogP contribution in [0.1, 0.15) is 22.5 Å². The number of carbonyl (C=O) groups is 1. The summed E-state index contributed by atoms with van der Waals surface area (Å²) in [7, 11) is 0. The van der Waals surface area contributed by atoms with E-state index in [0.29, 0.717) is 35.3 Å². The van der Waals surface area contributed by atoms with Crippen molar-refractivity contribution in [1.29, 1.82) is 5.26 Å². The van der Waals surface area contributed by atoms with Gasteiger partial charge < -0.3 is 19.3 Å². The molecule has 1 N–H and O–H groups in total. The van der Waals surface area contributed by atoms with Crippen molar-refractivity contribution < 1.29 is 18.8 Å². The minimum absolute atomic E-state index is 0.0996. The lowest BCUT2D eigenvalue weighted by molar-refractivity contribution is -0.112. The smallest absolute Gasteiger partial charge is 0.267 e. The first-order chi connectivity index (χ1) is 15.4. The van der Waals surface area contributed by atoms with Gasteiger partial charge in [-0.25, -0.2) is 0 Å². The number of halogens is 1. The number of aromatic nitrogens is 1. The number of carbonyl (C=O) groups excluding carboxylic acids is 1. The molecular formula is C24H22ClN3O4. The van der Waals surface area contributed by atoms with Gasteiger partial charge in [0.25, 0.3) is 5.91 Å².